The molecule has 0 saturated heterocycles. The molecule has 0 bridgehead atoms. The fourth-order valence-corrected chi connectivity index (χ4v) is 2.60. The number of nitrogens with two attached hydrogens (primary N) is 1. The Hall–Kier alpha value is -1.59. The van der Waals surface area contributed by atoms with E-state index in [-0.39, 0.29) is 0 Å². The number of benzene rings is 1. The van der Waals surface area contributed by atoms with Crippen LogP contribution in [0.5, 0.6) is 11.5 Å². The Bertz CT molecular complexity index is 530. The number of hydrogen-bond donors (Lipinski definition) is 1. The van der Waals surface area contributed by atoms with Crippen LogP contribution < -0.4 is 15.2 Å². The first-order valence-corrected chi connectivity index (χ1v) is 6.39. The summed E-state index contributed by atoms with van der Waals surface area (Å²) < 4.78 is 10.5. The van der Waals surface area contributed by atoms with Gasteiger partial charge in [-0.3, -0.25) is 0 Å². The van der Waals surface area contributed by atoms with Crippen LogP contribution in [0.1, 0.15) is 10.6 Å². The average Bonchev–Trinajstić information content (AvgIpc) is 2.79. The van der Waals surface area contributed by atoms with Crippen LogP contribution in [0.15, 0.2) is 18.2 Å². The van der Waals surface area contributed by atoms with Gasteiger partial charge in [0.1, 0.15) is 16.5 Å². The highest BCUT2D eigenvalue weighted by molar-refractivity contribution is 7.15. The Morgan fingerprint density at radius 2 is 1.78 bits per heavy atom. The highest BCUT2D eigenvalue weighted by Crippen LogP contribution is 2.33. The molecule has 1 heterocycles. The third-order valence-corrected chi connectivity index (χ3v) is 3.75. The van der Waals surface area contributed by atoms with Crippen LogP contribution >= 0.6 is 11.3 Å². The molecule has 0 amide bonds. The molecule has 0 aliphatic rings. The third kappa shape index (κ3) is 2.47. The van der Waals surface area contributed by atoms with Crippen LogP contribution in [-0.2, 0) is 6.54 Å². The number of nitrogens with zero attached hydrogens (tertiary/aromatic N) is 1. The molecule has 0 aliphatic heterocycles. The van der Waals surface area contributed by atoms with E-state index >= 15 is 0 Å². The zero-order valence-corrected chi connectivity index (χ0v) is 11.5. The lowest BCUT2D eigenvalue weighted by molar-refractivity contribution is 0.394. The van der Waals surface area contributed by atoms with Gasteiger partial charge in [-0.05, 0) is 19.1 Å². The number of methoxy groups -OCH3 is 2. The van der Waals surface area contributed by atoms with Gasteiger partial charge < -0.3 is 15.2 Å². The molecule has 1 aromatic carbocycles. The molecule has 0 radical (unpaired) electrons. The van der Waals surface area contributed by atoms with E-state index < -0.39 is 0 Å². The van der Waals surface area contributed by atoms with Crippen LogP contribution in [0, 0.1) is 6.92 Å². The van der Waals surface area contributed by atoms with Crippen LogP contribution in [0.4, 0.5) is 0 Å². The van der Waals surface area contributed by atoms with E-state index in [2.05, 4.69) is 4.98 Å². The Labute approximate surface area is 110 Å². The summed E-state index contributed by atoms with van der Waals surface area (Å²) in [6, 6.07) is 5.73. The van der Waals surface area contributed by atoms with Crippen molar-refractivity contribution in [3.05, 3.63) is 28.8 Å². The van der Waals surface area contributed by atoms with Crippen molar-refractivity contribution >= 4 is 11.3 Å². The van der Waals surface area contributed by atoms with Gasteiger partial charge >= 0.3 is 0 Å². The normalized spacial score (nSPS) is 10.4. The third-order valence-electron chi connectivity index (χ3n) is 2.68. The molecular formula is C13H16N2O2S. The fraction of sp³-hybridized carbons (Fsp3) is 0.308. The molecule has 0 atom stereocenters. The van der Waals surface area contributed by atoms with Crippen LogP contribution in [-0.4, -0.2) is 19.2 Å². The largest absolute Gasteiger partial charge is 0.497 e. The second-order valence-electron chi connectivity index (χ2n) is 3.83. The minimum atomic E-state index is 0.462. The van der Waals surface area contributed by atoms with Gasteiger partial charge in [0.25, 0.3) is 0 Å². The topological polar surface area (TPSA) is 57.4 Å². The predicted molar refractivity (Wildman–Crippen MR) is 73.3 cm³/mol. The molecule has 4 nitrogen and oxygen atoms in total. The molecule has 0 saturated carbocycles. The van der Waals surface area contributed by atoms with E-state index in [0.717, 1.165) is 32.6 Å². The Morgan fingerprint density at radius 1 is 1.17 bits per heavy atom. The maximum Gasteiger partial charge on any atom is 0.124 e. The average molecular weight is 264 g/mol. The lowest BCUT2D eigenvalue weighted by Gasteiger charge is -2.06. The van der Waals surface area contributed by atoms with Gasteiger partial charge in [0, 0.05) is 23.1 Å². The van der Waals surface area contributed by atoms with Gasteiger partial charge in [0.15, 0.2) is 0 Å². The molecule has 1 aromatic heterocycles. The van der Waals surface area contributed by atoms with Crippen molar-refractivity contribution in [2.75, 3.05) is 14.2 Å². The number of aryl methyl sites for hydroxylation is 1. The van der Waals surface area contributed by atoms with Crippen molar-refractivity contribution < 1.29 is 9.47 Å². The molecule has 0 unspecified atom stereocenters. The van der Waals surface area contributed by atoms with Crippen molar-refractivity contribution in [3.8, 4) is 22.1 Å². The Kier molecular flexibility index (Phi) is 3.84. The summed E-state index contributed by atoms with van der Waals surface area (Å²) in [7, 11) is 3.27. The summed E-state index contributed by atoms with van der Waals surface area (Å²) in [5.41, 5.74) is 7.58. The Balaban J connectivity index is 2.48. The first kappa shape index (κ1) is 12.9. The van der Waals surface area contributed by atoms with Crippen molar-refractivity contribution in [2.45, 2.75) is 13.5 Å². The molecule has 2 aromatic rings. The molecule has 96 valence electrons. The number of hydrogen-bond acceptors (Lipinski definition) is 5. The van der Waals surface area contributed by atoms with E-state index in [1.54, 1.807) is 25.6 Å². The highest BCUT2D eigenvalue weighted by atomic mass is 32.1. The highest BCUT2D eigenvalue weighted by Gasteiger charge is 2.10. The second-order valence-corrected chi connectivity index (χ2v) is 5.03. The summed E-state index contributed by atoms with van der Waals surface area (Å²) >= 11 is 1.63. The summed E-state index contributed by atoms with van der Waals surface area (Å²) in [6.45, 7) is 2.49. The second kappa shape index (κ2) is 5.37. The molecule has 2 N–H and O–H groups in total. The number of aromatic nitrogens is 1. The van der Waals surface area contributed by atoms with Crippen molar-refractivity contribution in [1.82, 2.24) is 4.98 Å². The molecule has 0 fully saturated rings. The van der Waals surface area contributed by atoms with Gasteiger partial charge in [0.2, 0.25) is 0 Å². The number of thiazole rings is 1. The first-order valence-electron chi connectivity index (χ1n) is 5.57. The van der Waals surface area contributed by atoms with E-state index in [4.69, 9.17) is 15.2 Å². The predicted octanol–water partition coefficient (Wildman–Crippen LogP) is 2.59. The summed E-state index contributed by atoms with van der Waals surface area (Å²) in [5.74, 6) is 1.51. The Morgan fingerprint density at radius 3 is 2.22 bits per heavy atom. The van der Waals surface area contributed by atoms with Crippen LogP contribution in [0.3, 0.4) is 0 Å². The van der Waals surface area contributed by atoms with Gasteiger partial charge in [0.05, 0.1) is 19.9 Å². The molecule has 2 rings (SSSR count). The minimum Gasteiger partial charge on any atom is -0.497 e. The lowest BCUT2D eigenvalue weighted by Crippen LogP contribution is -1.97. The first-order chi connectivity index (χ1) is 8.67. The van der Waals surface area contributed by atoms with E-state index in [9.17, 15) is 0 Å². The number of rotatable bonds is 4. The smallest absolute Gasteiger partial charge is 0.124 e. The molecule has 0 aliphatic carbocycles. The zero-order valence-electron chi connectivity index (χ0n) is 10.7. The van der Waals surface area contributed by atoms with E-state index in [0.29, 0.717) is 6.54 Å². The summed E-state index contributed by atoms with van der Waals surface area (Å²) in [4.78, 5) is 5.68. The molecule has 5 heteroatoms. The van der Waals surface area contributed by atoms with Gasteiger partial charge in [-0.1, -0.05) is 0 Å². The molecule has 18 heavy (non-hydrogen) atoms. The number of ether oxygens (including phenoxy) is 2. The zero-order chi connectivity index (χ0) is 13.1. The van der Waals surface area contributed by atoms with E-state index in [1.165, 1.54) is 0 Å². The maximum atomic E-state index is 5.65. The SMILES string of the molecule is COc1cc(OC)cc(-c2nc(CN)c(C)s2)c1. The van der Waals surface area contributed by atoms with Crippen LogP contribution in [0.2, 0.25) is 0 Å². The monoisotopic (exact) mass is 264 g/mol. The lowest BCUT2D eigenvalue weighted by atomic mass is 10.2. The fourth-order valence-electron chi connectivity index (χ4n) is 1.67. The van der Waals surface area contributed by atoms with Crippen molar-refractivity contribution in [2.24, 2.45) is 5.73 Å². The standard InChI is InChI=1S/C13H16N2O2S/c1-8-12(7-14)15-13(18-8)9-4-10(16-2)6-11(5-9)17-3/h4-6H,7,14H2,1-3H3. The minimum absolute atomic E-state index is 0.462. The molecular weight excluding hydrogens is 248 g/mol. The van der Waals surface area contributed by atoms with Crippen molar-refractivity contribution in [1.29, 1.82) is 0 Å². The van der Waals surface area contributed by atoms with E-state index in [1.807, 2.05) is 25.1 Å². The van der Waals surface area contributed by atoms with Gasteiger partial charge in [-0.15, -0.1) is 11.3 Å². The quantitative estimate of drug-likeness (QED) is 0.922. The summed E-state index contributed by atoms with van der Waals surface area (Å²) in [6.07, 6.45) is 0. The van der Waals surface area contributed by atoms with Crippen LogP contribution in [0.25, 0.3) is 10.6 Å². The molecule has 0 spiro atoms. The van der Waals surface area contributed by atoms with Gasteiger partial charge in [-0.25, -0.2) is 4.98 Å². The maximum absolute atomic E-state index is 5.65. The van der Waals surface area contributed by atoms with Gasteiger partial charge in [-0.2, -0.15) is 0 Å². The summed E-state index contributed by atoms with van der Waals surface area (Å²) in [5, 5.41) is 0.935. The van der Waals surface area contributed by atoms with Crippen molar-refractivity contribution in [3.63, 3.8) is 0 Å².